The summed E-state index contributed by atoms with van der Waals surface area (Å²) in [6.45, 7) is 3.91. The molecule has 0 N–H and O–H groups in total. The Morgan fingerprint density at radius 3 is 2.60 bits per heavy atom. The number of rotatable bonds is 4. The Balaban J connectivity index is 3.37. The molecule has 0 aliphatic carbocycles. The van der Waals surface area contributed by atoms with Gasteiger partial charge in [-0.1, -0.05) is 13.8 Å². The topological polar surface area (TPSA) is 26.3 Å². The van der Waals surface area contributed by atoms with Gasteiger partial charge in [0.25, 0.3) is 0 Å². The molecule has 0 spiro atoms. The van der Waals surface area contributed by atoms with E-state index in [1.165, 1.54) is 0 Å². The van der Waals surface area contributed by atoms with E-state index < -0.39 is 0 Å². The summed E-state index contributed by atoms with van der Waals surface area (Å²) in [7, 11) is 0. The molecule has 0 bridgehead atoms. The third kappa shape index (κ3) is 4.79. The maximum Gasteiger partial charge on any atom is 0.306 e. The molecule has 60 valence electrons. The average molecular weight is 209 g/mol. The SMILES string of the molecule is CCCC(=O)OC(Br)CC. The van der Waals surface area contributed by atoms with Crippen molar-refractivity contribution in [3.05, 3.63) is 0 Å². The summed E-state index contributed by atoms with van der Waals surface area (Å²) in [6.07, 6.45) is 2.18. The molecule has 10 heavy (non-hydrogen) atoms. The van der Waals surface area contributed by atoms with Gasteiger partial charge in [0.2, 0.25) is 0 Å². The van der Waals surface area contributed by atoms with E-state index in [1.807, 2.05) is 13.8 Å². The molecule has 0 aromatic heterocycles. The monoisotopic (exact) mass is 208 g/mol. The number of carbonyl (C=O) groups is 1. The zero-order chi connectivity index (χ0) is 7.98. The standard InChI is InChI=1S/C7H13BrO2/c1-3-5-7(9)10-6(8)4-2/h6H,3-5H2,1-2H3. The van der Waals surface area contributed by atoms with Crippen LogP contribution in [-0.4, -0.2) is 11.0 Å². The van der Waals surface area contributed by atoms with Crippen molar-refractivity contribution in [1.82, 2.24) is 0 Å². The van der Waals surface area contributed by atoms with Crippen molar-refractivity contribution >= 4 is 21.9 Å². The van der Waals surface area contributed by atoms with Gasteiger partial charge in [0, 0.05) is 6.42 Å². The number of hydrogen-bond acceptors (Lipinski definition) is 2. The highest BCUT2D eigenvalue weighted by molar-refractivity contribution is 9.09. The van der Waals surface area contributed by atoms with Gasteiger partial charge in [0.15, 0.2) is 5.01 Å². The molecule has 0 rings (SSSR count). The second-order valence-electron chi connectivity index (χ2n) is 2.06. The molecule has 1 atom stereocenters. The van der Waals surface area contributed by atoms with Crippen LogP contribution in [0.4, 0.5) is 0 Å². The number of hydrogen-bond donors (Lipinski definition) is 0. The lowest BCUT2D eigenvalue weighted by atomic mass is 10.3. The average Bonchev–Trinajstić information content (AvgIpc) is 1.88. The first-order valence-corrected chi connectivity index (χ1v) is 4.45. The zero-order valence-electron chi connectivity index (χ0n) is 6.39. The van der Waals surface area contributed by atoms with Gasteiger partial charge in [0.05, 0.1) is 0 Å². The Labute approximate surface area is 70.1 Å². The lowest BCUT2D eigenvalue weighted by Crippen LogP contribution is -2.10. The normalized spacial score (nSPS) is 12.7. The first kappa shape index (κ1) is 9.95. The van der Waals surface area contributed by atoms with Crippen LogP contribution in [0, 0.1) is 0 Å². The van der Waals surface area contributed by atoms with E-state index in [2.05, 4.69) is 15.9 Å². The summed E-state index contributed by atoms with van der Waals surface area (Å²) in [6, 6.07) is 0. The first-order valence-electron chi connectivity index (χ1n) is 3.54. The molecule has 1 unspecified atom stereocenters. The summed E-state index contributed by atoms with van der Waals surface area (Å²) in [4.78, 5) is 10.8. The van der Waals surface area contributed by atoms with Crippen molar-refractivity contribution in [3.8, 4) is 0 Å². The van der Waals surface area contributed by atoms with Crippen LogP contribution in [-0.2, 0) is 9.53 Å². The highest BCUT2D eigenvalue weighted by Gasteiger charge is 2.06. The van der Waals surface area contributed by atoms with Gasteiger partial charge in [-0.25, -0.2) is 0 Å². The van der Waals surface area contributed by atoms with Gasteiger partial charge in [0.1, 0.15) is 0 Å². The molecule has 2 nitrogen and oxygen atoms in total. The Hall–Kier alpha value is -0.0500. The maximum atomic E-state index is 10.8. The van der Waals surface area contributed by atoms with Crippen LogP contribution in [0.3, 0.4) is 0 Å². The van der Waals surface area contributed by atoms with Crippen LogP contribution in [0.25, 0.3) is 0 Å². The Morgan fingerprint density at radius 2 is 2.20 bits per heavy atom. The van der Waals surface area contributed by atoms with Gasteiger partial charge in [-0.15, -0.1) is 0 Å². The fourth-order valence-electron chi connectivity index (χ4n) is 0.489. The van der Waals surface area contributed by atoms with Crippen molar-refractivity contribution < 1.29 is 9.53 Å². The predicted molar refractivity (Wildman–Crippen MR) is 44.0 cm³/mol. The van der Waals surface area contributed by atoms with Gasteiger partial charge in [-0.2, -0.15) is 0 Å². The van der Waals surface area contributed by atoms with Gasteiger partial charge in [-0.3, -0.25) is 4.79 Å². The van der Waals surface area contributed by atoms with E-state index in [-0.39, 0.29) is 11.0 Å². The first-order chi connectivity index (χ1) is 4.70. The lowest BCUT2D eigenvalue weighted by molar-refractivity contribution is -0.144. The highest BCUT2D eigenvalue weighted by atomic mass is 79.9. The van der Waals surface area contributed by atoms with Crippen LogP contribution < -0.4 is 0 Å². The van der Waals surface area contributed by atoms with E-state index in [0.717, 1.165) is 12.8 Å². The molecular formula is C7H13BrO2. The quantitative estimate of drug-likeness (QED) is 0.525. The lowest BCUT2D eigenvalue weighted by Gasteiger charge is -2.07. The second-order valence-corrected chi connectivity index (χ2v) is 3.08. The van der Waals surface area contributed by atoms with Crippen molar-refractivity contribution in [2.24, 2.45) is 0 Å². The third-order valence-electron chi connectivity index (χ3n) is 1.03. The maximum absolute atomic E-state index is 10.8. The molecule has 0 saturated carbocycles. The van der Waals surface area contributed by atoms with Crippen molar-refractivity contribution in [3.63, 3.8) is 0 Å². The van der Waals surface area contributed by atoms with E-state index in [0.29, 0.717) is 6.42 Å². The van der Waals surface area contributed by atoms with E-state index in [9.17, 15) is 4.79 Å². The number of ether oxygens (including phenoxy) is 1. The number of carbonyl (C=O) groups excluding carboxylic acids is 1. The Kier molecular flexibility index (Phi) is 5.69. The minimum atomic E-state index is -0.119. The van der Waals surface area contributed by atoms with Gasteiger partial charge >= 0.3 is 5.97 Å². The molecule has 0 saturated heterocycles. The summed E-state index contributed by atoms with van der Waals surface area (Å²) < 4.78 is 4.92. The molecule has 0 aliphatic rings. The fraction of sp³-hybridized carbons (Fsp3) is 0.857. The molecule has 0 fully saturated rings. The van der Waals surface area contributed by atoms with Crippen molar-refractivity contribution in [1.29, 1.82) is 0 Å². The molecular weight excluding hydrogens is 196 g/mol. The summed E-state index contributed by atoms with van der Waals surface area (Å²) >= 11 is 3.20. The van der Waals surface area contributed by atoms with Crippen LogP contribution in [0.5, 0.6) is 0 Å². The molecule has 0 aliphatic heterocycles. The van der Waals surface area contributed by atoms with Crippen LogP contribution >= 0.6 is 15.9 Å². The number of esters is 1. The van der Waals surface area contributed by atoms with Crippen LogP contribution in [0.1, 0.15) is 33.1 Å². The van der Waals surface area contributed by atoms with Gasteiger partial charge < -0.3 is 4.74 Å². The fourth-order valence-corrected chi connectivity index (χ4v) is 0.697. The van der Waals surface area contributed by atoms with E-state index in [1.54, 1.807) is 0 Å². The zero-order valence-corrected chi connectivity index (χ0v) is 7.98. The molecule has 3 heteroatoms. The molecule has 0 amide bonds. The molecule has 0 aromatic carbocycles. The minimum Gasteiger partial charge on any atom is -0.451 e. The van der Waals surface area contributed by atoms with Crippen LogP contribution in [0.15, 0.2) is 0 Å². The Morgan fingerprint density at radius 1 is 1.60 bits per heavy atom. The largest absolute Gasteiger partial charge is 0.451 e. The third-order valence-corrected chi connectivity index (χ3v) is 1.87. The molecule has 0 radical (unpaired) electrons. The van der Waals surface area contributed by atoms with Gasteiger partial charge in [-0.05, 0) is 28.8 Å². The summed E-state index contributed by atoms with van der Waals surface area (Å²) in [5.74, 6) is -0.119. The molecule has 0 heterocycles. The summed E-state index contributed by atoms with van der Waals surface area (Å²) in [5, 5.41) is -0.105. The number of alkyl halides is 1. The second kappa shape index (κ2) is 5.71. The minimum absolute atomic E-state index is 0.105. The van der Waals surface area contributed by atoms with Crippen molar-refractivity contribution in [2.75, 3.05) is 0 Å². The molecule has 0 aromatic rings. The van der Waals surface area contributed by atoms with E-state index in [4.69, 9.17) is 4.74 Å². The van der Waals surface area contributed by atoms with E-state index >= 15 is 0 Å². The summed E-state index contributed by atoms with van der Waals surface area (Å²) in [5.41, 5.74) is 0. The Bertz CT molecular complexity index is 104. The predicted octanol–water partition coefficient (Wildman–Crippen LogP) is 2.46. The van der Waals surface area contributed by atoms with Crippen LogP contribution in [0.2, 0.25) is 0 Å². The highest BCUT2D eigenvalue weighted by Crippen LogP contribution is 2.07. The smallest absolute Gasteiger partial charge is 0.306 e. The number of halogens is 1. The van der Waals surface area contributed by atoms with Crippen molar-refractivity contribution in [2.45, 2.75) is 38.1 Å².